The zero-order valence-corrected chi connectivity index (χ0v) is 11.5. The third kappa shape index (κ3) is 3.16. The summed E-state index contributed by atoms with van der Waals surface area (Å²) in [7, 11) is 0. The van der Waals surface area contributed by atoms with Crippen molar-refractivity contribution in [2.45, 2.75) is 45.6 Å². The lowest BCUT2D eigenvalue weighted by atomic mass is 9.75. The molecule has 0 amide bonds. The number of nitrogen functional groups attached to an aromatic ring is 1. The highest BCUT2D eigenvalue weighted by atomic mass is 16.6. The van der Waals surface area contributed by atoms with Gasteiger partial charge in [-0.2, -0.15) is 0 Å². The number of anilines is 2. The fourth-order valence-electron chi connectivity index (χ4n) is 2.65. The summed E-state index contributed by atoms with van der Waals surface area (Å²) in [5.74, 6) is 0. The van der Waals surface area contributed by atoms with Crippen molar-refractivity contribution in [2.75, 3.05) is 11.1 Å². The molecule has 1 aliphatic carbocycles. The van der Waals surface area contributed by atoms with E-state index in [9.17, 15) is 10.1 Å². The van der Waals surface area contributed by atoms with Gasteiger partial charge in [-0.05, 0) is 43.2 Å². The van der Waals surface area contributed by atoms with Crippen LogP contribution in [-0.4, -0.2) is 11.0 Å². The standard InChI is InChI=1S/C14H21N3O2/c1-14(2)8-6-10(7-9-14)16-12-5-3-4-11(15)13(12)17(18)19/h3-5,10,16H,6-9,15H2,1-2H3. The number of nitrogens with zero attached hydrogens (tertiary/aromatic N) is 1. The molecule has 0 atom stereocenters. The molecule has 1 aliphatic rings. The van der Waals surface area contributed by atoms with Crippen molar-refractivity contribution < 1.29 is 4.92 Å². The highest BCUT2D eigenvalue weighted by molar-refractivity contribution is 5.74. The van der Waals surface area contributed by atoms with Crippen LogP contribution in [0.2, 0.25) is 0 Å². The Morgan fingerprint density at radius 3 is 2.58 bits per heavy atom. The lowest BCUT2D eigenvalue weighted by Crippen LogP contribution is -2.30. The Balaban J connectivity index is 2.12. The Labute approximate surface area is 113 Å². The highest BCUT2D eigenvalue weighted by Gasteiger charge is 2.28. The van der Waals surface area contributed by atoms with E-state index in [-0.39, 0.29) is 11.4 Å². The minimum absolute atomic E-state index is 0.00710. The van der Waals surface area contributed by atoms with Crippen molar-refractivity contribution in [3.8, 4) is 0 Å². The average Bonchev–Trinajstić information content (AvgIpc) is 2.31. The quantitative estimate of drug-likeness (QED) is 0.496. The lowest BCUT2D eigenvalue weighted by Gasteiger charge is -2.35. The highest BCUT2D eigenvalue weighted by Crippen LogP contribution is 2.38. The third-order valence-electron chi connectivity index (χ3n) is 3.95. The van der Waals surface area contributed by atoms with Gasteiger partial charge in [0.05, 0.1) is 4.92 Å². The minimum Gasteiger partial charge on any atom is -0.393 e. The number of nitro groups is 1. The van der Waals surface area contributed by atoms with Gasteiger partial charge in [0.1, 0.15) is 11.4 Å². The van der Waals surface area contributed by atoms with Crippen molar-refractivity contribution in [3.05, 3.63) is 28.3 Å². The van der Waals surface area contributed by atoms with Gasteiger partial charge < -0.3 is 11.1 Å². The minimum atomic E-state index is -0.412. The van der Waals surface area contributed by atoms with E-state index in [4.69, 9.17) is 5.73 Å². The first-order valence-corrected chi connectivity index (χ1v) is 6.68. The van der Waals surface area contributed by atoms with Crippen LogP contribution in [0.25, 0.3) is 0 Å². The Hall–Kier alpha value is -1.78. The van der Waals surface area contributed by atoms with Gasteiger partial charge in [0.15, 0.2) is 0 Å². The predicted molar refractivity (Wildman–Crippen MR) is 77.2 cm³/mol. The molecular formula is C14H21N3O2. The molecule has 5 nitrogen and oxygen atoms in total. The first kappa shape index (κ1) is 13.6. The number of nitrogens with one attached hydrogen (secondary N) is 1. The van der Waals surface area contributed by atoms with Gasteiger partial charge in [-0.25, -0.2) is 0 Å². The summed E-state index contributed by atoms with van der Waals surface area (Å²) in [4.78, 5) is 10.7. The van der Waals surface area contributed by atoms with E-state index in [1.807, 2.05) is 0 Å². The Bertz CT molecular complexity index is 476. The van der Waals surface area contributed by atoms with E-state index in [0.29, 0.717) is 17.1 Å². The van der Waals surface area contributed by atoms with Crippen LogP contribution in [0.15, 0.2) is 18.2 Å². The van der Waals surface area contributed by atoms with Crippen LogP contribution in [0.4, 0.5) is 17.1 Å². The molecular weight excluding hydrogens is 242 g/mol. The molecule has 3 N–H and O–H groups in total. The second kappa shape index (κ2) is 5.07. The zero-order valence-electron chi connectivity index (χ0n) is 11.5. The van der Waals surface area contributed by atoms with Crippen LogP contribution in [0.1, 0.15) is 39.5 Å². The summed E-state index contributed by atoms with van der Waals surface area (Å²) in [6, 6.07) is 5.34. The molecule has 19 heavy (non-hydrogen) atoms. The maximum Gasteiger partial charge on any atom is 0.314 e. The normalized spacial score (nSPS) is 19.1. The summed E-state index contributed by atoms with van der Waals surface area (Å²) < 4.78 is 0. The molecule has 0 aromatic heterocycles. The van der Waals surface area contributed by atoms with E-state index in [0.717, 1.165) is 25.7 Å². The Morgan fingerprint density at radius 1 is 1.37 bits per heavy atom. The van der Waals surface area contributed by atoms with E-state index in [1.165, 1.54) is 0 Å². The number of rotatable bonds is 3. The molecule has 0 heterocycles. The maximum atomic E-state index is 11.1. The summed E-state index contributed by atoms with van der Waals surface area (Å²) in [5, 5.41) is 14.4. The first-order valence-electron chi connectivity index (χ1n) is 6.68. The van der Waals surface area contributed by atoms with Gasteiger partial charge >= 0.3 is 5.69 Å². The van der Waals surface area contributed by atoms with Crippen LogP contribution in [0.3, 0.4) is 0 Å². The summed E-state index contributed by atoms with van der Waals surface area (Å²) >= 11 is 0. The van der Waals surface area contributed by atoms with Crippen molar-refractivity contribution in [2.24, 2.45) is 5.41 Å². The van der Waals surface area contributed by atoms with E-state index in [1.54, 1.807) is 18.2 Å². The van der Waals surface area contributed by atoms with Crippen molar-refractivity contribution in [1.29, 1.82) is 0 Å². The van der Waals surface area contributed by atoms with E-state index < -0.39 is 4.92 Å². The molecule has 0 radical (unpaired) electrons. The number of hydrogen-bond donors (Lipinski definition) is 2. The average molecular weight is 263 g/mol. The van der Waals surface area contributed by atoms with Crippen LogP contribution in [-0.2, 0) is 0 Å². The molecule has 0 bridgehead atoms. The van der Waals surface area contributed by atoms with Gasteiger partial charge in [0.25, 0.3) is 0 Å². The molecule has 1 saturated carbocycles. The summed E-state index contributed by atoms with van der Waals surface area (Å²) in [6.07, 6.45) is 4.36. The number of benzene rings is 1. The number of nitrogens with two attached hydrogens (primary N) is 1. The Kier molecular flexibility index (Phi) is 3.64. The largest absolute Gasteiger partial charge is 0.393 e. The Morgan fingerprint density at radius 2 is 2.00 bits per heavy atom. The van der Waals surface area contributed by atoms with E-state index >= 15 is 0 Å². The molecule has 0 aliphatic heterocycles. The monoisotopic (exact) mass is 263 g/mol. The second-order valence-electron chi connectivity index (χ2n) is 6.08. The molecule has 1 aromatic carbocycles. The molecule has 2 rings (SSSR count). The second-order valence-corrected chi connectivity index (χ2v) is 6.08. The van der Waals surface area contributed by atoms with Crippen LogP contribution >= 0.6 is 0 Å². The molecule has 1 fully saturated rings. The summed E-state index contributed by atoms with van der Waals surface area (Å²) in [6.45, 7) is 4.54. The third-order valence-corrected chi connectivity index (χ3v) is 3.95. The number of hydrogen-bond acceptors (Lipinski definition) is 4. The van der Waals surface area contributed by atoms with Crippen molar-refractivity contribution in [1.82, 2.24) is 0 Å². The molecule has 0 saturated heterocycles. The molecule has 0 unspecified atom stereocenters. The van der Waals surface area contributed by atoms with Crippen LogP contribution < -0.4 is 11.1 Å². The first-order chi connectivity index (χ1) is 8.89. The maximum absolute atomic E-state index is 11.1. The number of para-hydroxylation sites is 1. The van der Waals surface area contributed by atoms with Gasteiger partial charge in [0.2, 0.25) is 0 Å². The topological polar surface area (TPSA) is 81.2 Å². The van der Waals surface area contributed by atoms with E-state index in [2.05, 4.69) is 19.2 Å². The molecule has 104 valence electrons. The SMILES string of the molecule is CC1(C)CCC(Nc2cccc(N)c2[N+](=O)[O-])CC1. The summed E-state index contributed by atoms with van der Waals surface area (Å²) in [5.41, 5.74) is 6.82. The van der Waals surface area contributed by atoms with Gasteiger partial charge in [-0.1, -0.05) is 19.9 Å². The molecule has 5 heteroatoms. The van der Waals surface area contributed by atoms with Gasteiger partial charge in [-0.3, -0.25) is 10.1 Å². The smallest absolute Gasteiger partial charge is 0.314 e. The molecule has 0 spiro atoms. The van der Waals surface area contributed by atoms with Crippen molar-refractivity contribution in [3.63, 3.8) is 0 Å². The van der Waals surface area contributed by atoms with Gasteiger partial charge in [-0.15, -0.1) is 0 Å². The fourth-order valence-corrected chi connectivity index (χ4v) is 2.65. The van der Waals surface area contributed by atoms with Gasteiger partial charge in [0, 0.05) is 6.04 Å². The predicted octanol–water partition coefficient (Wildman–Crippen LogP) is 3.56. The van der Waals surface area contributed by atoms with Crippen molar-refractivity contribution >= 4 is 17.1 Å². The fraction of sp³-hybridized carbons (Fsp3) is 0.571. The zero-order chi connectivity index (χ0) is 14.0. The van der Waals surface area contributed by atoms with Crippen LogP contribution in [0, 0.1) is 15.5 Å². The lowest BCUT2D eigenvalue weighted by molar-refractivity contribution is -0.383. The van der Waals surface area contributed by atoms with Crippen LogP contribution in [0.5, 0.6) is 0 Å². The molecule has 1 aromatic rings. The number of nitro benzene ring substituents is 1.